The summed E-state index contributed by atoms with van der Waals surface area (Å²) in [5, 5.41) is 19.1. The maximum absolute atomic E-state index is 11.6. The molecule has 10 bridgehead atoms. The van der Waals surface area contributed by atoms with E-state index in [0.29, 0.717) is 117 Å². The van der Waals surface area contributed by atoms with Gasteiger partial charge in [0.15, 0.2) is 0 Å². The lowest BCUT2D eigenvalue weighted by atomic mass is 9.79. The summed E-state index contributed by atoms with van der Waals surface area (Å²) in [4.78, 5) is 23.3. The number of ether oxygens (including phenoxy) is 7. The maximum atomic E-state index is 11.6. The van der Waals surface area contributed by atoms with Gasteiger partial charge in [0.1, 0.15) is 36.2 Å². The molecule has 4 aromatic rings. The lowest BCUT2D eigenvalue weighted by Gasteiger charge is -2.29. The molecule has 2 aliphatic rings. The molecule has 11 heteroatoms. The molecule has 0 atom stereocenters. The molecular weight excluding hydrogens is 921 g/mol. The number of carbonyl (C=O) groups is 2. The van der Waals surface area contributed by atoms with Gasteiger partial charge in [0.2, 0.25) is 0 Å². The van der Waals surface area contributed by atoms with Gasteiger partial charge in [-0.05, 0) is 114 Å². The summed E-state index contributed by atoms with van der Waals surface area (Å²) in [6, 6.07) is 18.4. The van der Waals surface area contributed by atoms with Crippen LogP contribution in [-0.2, 0) is 71.1 Å². The highest BCUT2D eigenvalue weighted by Gasteiger charge is 2.30. The minimum absolute atomic E-state index is 0.0707. The predicted molar refractivity (Wildman–Crippen MR) is 289 cm³/mol. The molecule has 4 aromatic carbocycles. The van der Waals surface area contributed by atoms with E-state index in [-0.39, 0.29) is 34.5 Å². The highest BCUT2D eigenvalue weighted by Crippen LogP contribution is 2.44. The highest BCUT2D eigenvalue weighted by atomic mass is 16.6. The van der Waals surface area contributed by atoms with E-state index in [1.165, 1.54) is 11.1 Å². The van der Waals surface area contributed by atoms with Gasteiger partial charge in [-0.15, -0.1) is 0 Å². The Morgan fingerprint density at radius 3 is 0.918 bits per heavy atom. The third kappa shape index (κ3) is 16.4. The summed E-state index contributed by atoms with van der Waals surface area (Å²) in [7, 11) is 0. The van der Waals surface area contributed by atoms with Crippen molar-refractivity contribution in [1.29, 1.82) is 0 Å². The fourth-order valence-electron chi connectivity index (χ4n) is 9.41. The number of carboxylic acids is 2. The highest BCUT2D eigenvalue weighted by molar-refractivity contribution is 5.67. The van der Waals surface area contributed by atoms with E-state index in [2.05, 4.69) is 132 Å². The summed E-state index contributed by atoms with van der Waals surface area (Å²) < 4.78 is 46.1. The van der Waals surface area contributed by atoms with Crippen LogP contribution in [0.2, 0.25) is 0 Å². The monoisotopic (exact) mass is 1010 g/mol. The number of unbranched alkanes of at least 4 members (excludes halogenated alkanes) is 2. The van der Waals surface area contributed by atoms with Gasteiger partial charge in [-0.2, -0.15) is 0 Å². The largest absolute Gasteiger partial charge is 0.493 e. The summed E-state index contributed by atoms with van der Waals surface area (Å²) in [5.74, 6) is 1.54. The molecule has 1 heterocycles. The van der Waals surface area contributed by atoms with E-state index in [0.717, 1.165) is 78.6 Å². The fourth-order valence-corrected chi connectivity index (χ4v) is 9.41. The van der Waals surface area contributed by atoms with Crippen LogP contribution in [0.25, 0.3) is 0 Å². The van der Waals surface area contributed by atoms with E-state index >= 15 is 0 Å². The zero-order valence-electron chi connectivity index (χ0n) is 46.3. The van der Waals surface area contributed by atoms with Crippen LogP contribution >= 0.6 is 0 Å². The van der Waals surface area contributed by atoms with Crippen molar-refractivity contribution in [2.45, 2.75) is 169 Å². The molecule has 0 radical (unpaired) electrons. The van der Waals surface area contributed by atoms with Crippen molar-refractivity contribution in [1.82, 2.24) is 0 Å². The van der Waals surface area contributed by atoms with Crippen LogP contribution < -0.4 is 18.9 Å². The molecule has 6 rings (SSSR count). The minimum atomic E-state index is -0.822. The lowest BCUT2D eigenvalue weighted by molar-refractivity contribution is -0.138. The molecule has 0 fully saturated rings. The average Bonchev–Trinajstić information content (AvgIpc) is 3.27. The van der Waals surface area contributed by atoms with Crippen LogP contribution in [0, 0.1) is 0 Å². The first-order valence-corrected chi connectivity index (χ1v) is 26.7. The topological polar surface area (TPSA) is 139 Å². The number of hydrogen-bond donors (Lipinski definition) is 2. The molecule has 0 unspecified atom stereocenters. The molecule has 1 aliphatic carbocycles. The molecule has 11 nitrogen and oxygen atoms in total. The van der Waals surface area contributed by atoms with E-state index in [4.69, 9.17) is 33.2 Å². The van der Waals surface area contributed by atoms with Crippen LogP contribution in [-0.4, -0.2) is 88.2 Å². The molecule has 0 amide bonds. The number of fused-ring (bicyclic) bond motifs is 4. The third-order valence-electron chi connectivity index (χ3n) is 13.7. The van der Waals surface area contributed by atoms with Crippen LogP contribution in [0.15, 0.2) is 48.5 Å². The van der Waals surface area contributed by atoms with Gasteiger partial charge >= 0.3 is 11.9 Å². The Balaban J connectivity index is 1.74. The van der Waals surface area contributed by atoms with Gasteiger partial charge in [0.25, 0.3) is 0 Å². The summed E-state index contributed by atoms with van der Waals surface area (Å²) >= 11 is 0. The molecule has 0 spiro atoms. The van der Waals surface area contributed by atoms with Gasteiger partial charge in [0, 0.05) is 38.5 Å². The molecule has 0 saturated carbocycles. The van der Waals surface area contributed by atoms with Crippen molar-refractivity contribution in [2.24, 2.45) is 0 Å². The molecule has 400 valence electrons. The van der Waals surface area contributed by atoms with Gasteiger partial charge < -0.3 is 43.4 Å². The first-order chi connectivity index (χ1) is 34.4. The number of hydrogen-bond acceptors (Lipinski definition) is 9. The van der Waals surface area contributed by atoms with Crippen molar-refractivity contribution in [3.8, 4) is 23.0 Å². The second-order valence-corrected chi connectivity index (χ2v) is 24.1. The zero-order valence-corrected chi connectivity index (χ0v) is 46.3. The quantitative estimate of drug-likeness (QED) is 0.115. The predicted octanol–water partition coefficient (Wildman–Crippen LogP) is 12.6. The zero-order chi connectivity index (χ0) is 53.1. The first kappa shape index (κ1) is 57.2. The maximum Gasteiger partial charge on any atom is 0.303 e. The Kier molecular flexibility index (Phi) is 19.5. The van der Waals surface area contributed by atoms with E-state index in [9.17, 15) is 19.8 Å². The summed E-state index contributed by atoms with van der Waals surface area (Å²) in [5.41, 5.74) is 12.0. The lowest BCUT2D eigenvalue weighted by Crippen LogP contribution is -2.19. The van der Waals surface area contributed by atoms with Crippen molar-refractivity contribution in [3.63, 3.8) is 0 Å². The number of aliphatic carboxylic acids is 2. The van der Waals surface area contributed by atoms with E-state index in [1.807, 2.05) is 0 Å². The van der Waals surface area contributed by atoms with E-state index in [1.54, 1.807) is 0 Å². The Morgan fingerprint density at radius 1 is 0.397 bits per heavy atom. The number of benzene rings is 4. The Hall–Kier alpha value is -5.10. The Bertz CT molecular complexity index is 2340. The second kappa shape index (κ2) is 25.0. The normalized spacial score (nSPS) is 15.5. The van der Waals surface area contributed by atoms with Crippen molar-refractivity contribution in [2.75, 3.05) is 66.1 Å². The van der Waals surface area contributed by atoms with Crippen LogP contribution in [0.4, 0.5) is 0 Å². The smallest absolute Gasteiger partial charge is 0.303 e. The number of rotatable bonds is 12. The van der Waals surface area contributed by atoms with Crippen molar-refractivity contribution in [3.05, 3.63) is 115 Å². The first-order valence-electron chi connectivity index (χ1n) is 26.7. The summed E-state index contributed by atoms with van der Waals surface area (Å²) in [6.45, 7) is 30.9. The standard InChI is InChI=1S/C62H86O11/c1-59(2,3)49-33-41-29-42-34-50(60(4,5)6)36-44(56(42)71-20-16-14-18-54(65)66)31-46-38-52(62(10,11)12)40-48-32-47-39-51(61(7,8)9)37-45(30-43(35-49)55(41)70-19-15-13-17-53(63)64)57(47)72-27-25-68-23-21-67-22-24-69-26-28-73-58(46)48/h33-40H,13-32H2,1-12H3,(H,63,64)(H,65,66). The second-order valence-electron chi connectivity index (χ2n) is 24.1. The minimum Gasteiger partial charge on any atom is -0.493 e. The van der Waals surface area contributed by atoms with Gasteiger partial charge in [-0.1, -0.05) is 132 Å². The van der Waals surface area contributed by atoms with Crippen LogP contribution in [0.3, 0.4) is 0 Å². The molecule has 1 aliphatic heterocycles. The average molecular weight is 1010 g/mol. The summed E-state index contributed by atoms with van der Waals surface area (Å²) in [6.07, 6.45) is 4.28. The van der Waals surface area contributed by atoms with Crippen molar-refractivity contribution >= 4 is 11.9 Å². The van der Waals surface area contributed by atoms with Crippen molar-refractivity contribution < 1.29 is 53.0 Å². The molecular formula is C62H86O11. The van der Waals surface area contributed by atoms with Crippen LogP contribution in [0.5, 0.6) is 23.0 Å². The van der Waals surface area contributed by atoms with Crippen LogP contribution in [0.1, 0.15) is 188 Å². The van der Waals surface area contributed by atoms with E-state index < -0.39 is 11.9 Å². The fraction of sp³-hybridized carbons (Fsp3) is 0.581. The Labute approximate surface area is 436 Å². The molecule has 0 aromatic heterocycles. The number of carboxylic acid groups (broad SMARTS) is 2. The van der Waals surface area contributed by atoms with Gasteiger partial charge in [0.05, 0.1) is 52.9 Å². The Morgan fingerprint density at radius 2 is 0.644 bits per heavy atom. The molecule has 2 N–H and O–H groups in total. The SMILES string of the molecule is CC(C)(C)c1cc2c(OCCCCC(=O)O)c(c1)Cc1cc(C(C)(C)C)cc3c1OCCOCCOCCOCCOc1c(cc(C(C)(C)C)cc1C3)Cc1cc(C(C)(C)C)cc(c1OCCCCC(=O)O)C2. The molecule has 73 heavy (non-hydrogen) atoms. The van der Waals surface area contributed by atoms with Gasteiger partial charge in [-0.3, -0.25) is 9.59 Å². The van der Waals surface area contributed by atoms with Gasteiger partial charge in [-0.25, -0.2) is 0 Å². The third-order valence-corrected chi connectivity index (χ3v) is 13.7. The molecule has 0 saturated heterocycles.